The maximum absolute atomic E-state index is 14.1. The molecule has 4 aromatic rings. The number of phenols is 1. The first-order chi connectivity index (χ1) is 18.8. The first-order valence-corrected chi connectivity index (χ1v) is 12.7. The number of amides is 2. The summed E-state index contributed by atoms with van der Waals surface area (Å²) in [6, 6.07) is 20.9. The number of non-ortho nitro benzene ring substituents is 1. The Balaban J connectivity index is 1.50. The number of hydroxylamine groups is 1. The Bertz CT molecular complexity index is 1670. The molecule has 0 spiro atoms. The molecule has 0 radical (unpaired) electrons. The van der Waals surface area contributed by atoms with Crippen LogP contribution in [0.1, 0.15) is 11.6 Å². The highest BCUT2D eigenvalue weighted by molar-refractivity contribution is 9.10. The number of anilines is 2. The summed E-state index contributed by atoms with van der Waals surface area (Å²) in [7, 11) is 1.39. The molecule has 2 heterocycles. The molecule has 11 heteroatoms. The zero-order chi connectivity index (χ0) is 27.4. The fraction of sp³-hybridized carbons (Fsp3) is 0.143. The highest BCUT2D eigenvalue weighted by Gasteiger charge is 2.60. The average Bonchev–Trinajstić information content (AvgIpc) is 3.45. The van der Waals surface area contributed by atoms with E-state index in [9.17, 15) is 24.8 Å². The lowest BCUT2D eigenvalue weighted by Crippen LogP contribution is -2.37. The summed E-state index contributed by atoms with van der Waals surface area (Å²) in [5.74, 6) is -1.99. The van der Waals surface area contributed by atoms with E-state index < -0.39 is 34.8 Å². The predicted octanol–water partition coefficient (Wildman–Crippen LogP) is 5.28. The van der Waals surface area contributed by atoms with Crippen molar-refractivity contribution in [1.82, 2.24) is 0 Å². The number of hydrogen-bond acceptors (Lipinski definition) is 8. The van der Waals surface area contributed by atoms with Gasteiger partial charge in [0.1, 0.15) is 5.92 Å². The van der Waals surface area contributed by atoms with Gasteiger partial charge in [-0.2, -0.15) is 0 Å². The van der Waals surface area contributed by atoms with Crippen LogP contribution in [0.25, 0.3) is 10.8 Å². The van der Waals surface area contributed by atoms with Crippen molar-refractivity contribution in [3.05, 3.63) is 99.0 Å². The number of carbonyl (C=O) groups is 2. The summed E-state index contributed by atoms with van der Waals surface area (Å²) >= 11 is 3.33. The molecule has 196 valence electrons. The van der Waals surface area contributed by atoms with Crippen LogP contribution in [-0.2, 0) is 14.4 Å². The van der Waals surface area contributed by atoms with E-state index in [1.807, 2.05) is 30.3 Å². The molecule has 4 aromatic carbocycles. The maximum atomic E-state index is 14.1. The molecule has 6 rings (SSSR count). The molecule has 1 N–H and O–H groups in total. The maximum Gasteiger partial charge on any atom is 0.271 e. The number of halogens is 1. The molecule has 2 amide bonds. The smallest absolute Gasteiger partial charge is 0.271 e. The molecule has 10 nitrogen and oxygen atoms in total. The molecule has 0 bridgehead atoms. The molecule has 2 aliphatic rings. The van der Waals surface area contributed by atoms with Crippen LogP contribution >= 0.6 is 15.9 Å². The zero-order valence-corrected chi connectivity index (χ0v) is 21.9. The van der Waals surface area contributed by atoms with E-state index in [-0.39, 0.29) is 17.2 Å². The molecule has 0 aliphatic carbocycles. The molecule has 2 fully saturated rings. The van der Waals surface area contributed by atoms with E-state index >= 15 is 0 Å². The minimum atomic E-state index is -1.18. The fourth-order valence-corrected chi connectivity index (χ4v) is 5.74. The van der Waals surface area contributed by atoms with E-state index in [4.69, 9.17) is 9.57 Å². The number of ether oxygens (including phenoxy) is 1. The number of nitro groups is 1. The summed E-state index contributed by atoms with van der Waals surface area (Å²) in [5.41, 5.74) is 1.07. The molecule has 0 saturated carbocycles. The number of aromatic hydroxyl groups is 1. The van der Waals surface area contributed by atoms with Gasteiger partial charge in [0, 0.05) is 17.5 Å². The quantitative estimate of drug-likeness (QED) is 0.189. The van der Waals surface area contributed by atoms with Crippen LogP contribution in [0.4, 0.5) is 17.1 Å². The lowest BCUT2D eigenvalue weighted by molar-refractivity contribution is -0.384. The number of nitrogens with zero attached hydrogens (tertiary/aromatic N) is 3. The summed E-state index contributed by atoms with van der Waals surface area (Å²) in [6.07, 6.45) is -1.18. The zero-order valence-electron chi connectivity index (χ0n) is 20.4. The second-order valence-corrected chi connectivity index (χ2v) is 10.0. The van der Waals surface area contributed by atoms with E-state index in [0.29, 0.717) is 21.4 Å². The number of imide groups is 1. The third kappa shape index (κ3) is 3.89. The average molecular weight is 590 g/mol. The minimum Gasteiger partial charge on any atom is -0.503 e. The number of carbonyl (C=O) groups excluding carboxylic acids is 2. The topological polar surface area (TPSA) is 122 Å². The summed E-state index contributed by atoms with van der Waals surface area (Å²) in [4.78, 5) is 46.1. The largest absolute Gasteiger partial charge is 0.503 e. The number of hydrogen-bond donors (Lipinski definition) is 1. The Hall–Kier alpha value is -4.48. The normalized spacial score (nSPS) is 20.5. The van der Waals surface area contributed by atoms with Crippen molar-refractivity contribution >= 4 is 55.6 Å². The van der Waals surface area contributed by atoms with Crippen molar-refractivity contribution in [3.8, 4) is 11.5 Å². The van der Waals surface area contributed by atoms with Gasteiger partial charge < -0.3 is 9.84 Å². The number of fused-ring (bicyclic) bond motifs is 2. The van der Waals surface area contributed by atoms with Crippen LogP contribution in [0.3, 0.4) is 0 Å². The van der Waals surface area contributed by atoms with Gasteiger partial charge >= 0.3 is 0 Å². The lowest BCUT2D eigenvalue weighted by atomic mass is 9.90. The lowest BCUT2D eigenvalue weighted by Gasteiger charge is -2.29. The number of rotatable bonds is 5. The third-order valence-electron chi connectivity index (χ3n) is 7.03. The molecular weight excluding hydrogens is 570 g/mol. The number of benzene rings is 4. The summed E-state index contributed by atoms with van der Waals surface area (Å²) in [6.45, 7) is 0. The van der Waals surface area contributed by atoms with Crippen molar-refractivity contribution in [3.63, 3.8) is 0 Å². The van der Waals surface area contributed by atoms with E-state index in [1.54, 1.807) is 30.3 Å². The molecular formula is C28H20BrN3O7. The highest BCUT2D eigenvalue weighted by Crippen LogP contribution is 2.50. The van der Waals surface area contributed by atoms with Gasteiger partial charge in [-0.3, -0.25) is 24.5 Å². The highest BCUT2D eigenvalue weighted by atomic mass is 79.9. The first kappa shape index (κ1) is 24.8. The van der Waals surface area contributed by atoms with Crippen molar-refractivity contribution in [2.45, 2.75) is 12.1 Å². The Kier molecular flexibility index (Phi) is 5.96. The Morgan fingerprint density at radius 3 is 2.51 bits per heavy atom. The van der Waals surface area contributed by atoms with Gasteiger partial charge in [0.05, 0.1) is 33.9 Å². The number of phenolic OH excluding ortho intramolecular Hbond substituents is 1. The van der Waals surface area contributed by atoms with Crippen molar-refractivity contribution in [2.24, 2.45) is 5.92 Å². The molecule has 0 aromatic heterocycles. The van der Waals surface area contributed by atoms with Gasteiger partial charge in [-0.15, -0.1) is 0 Å². The number of methoxy groups -OCH3 is 1. The van der Waals surface area contributed by atoms with Crippen LogP contribution < -0.4 is 14.7 Å². The van der Waals surface area contributed by atoms with Gasteiger partial charge in [0.15, 0.2) is 17.6 Å². The standard InChI is InChI=1S/C28H20BrN3O7/c1-38-22-13-16(12-20(29)25(22)33)24-23-26(39-31(24)17-8-5-9-18(14-17)32(36)37)28(35)30(27(23)34)21-11-4-7-15-6-2-3-10-19(15)21/h2-14,23-24,26,33H,1H3/t23-,24-,26-/m1/s1. The van der Waals surface area contributed by atoms with Crippen molar-refractivity contribution in [2.75, 3.05) is 17.1 Å². The van der Waals surface area contributed by atoms with Gasteiger partial charge in [0.25, 0.3) is 11.6 Å². The molecule has 3 atom stereocenters. The van der Waals surface area contributed by atoms with Gasteiger partial charge in [-0.05, 0) is 51.1 Å². The first-order valence-electron chi connectivity index (χ1n) is 11.9. The van der Waals surface area contributed by atoms with Crippen LogP contribution in [0.15, 0.2) is 83.3 Å². The van der Waals surface area contributed by atoms with E-state index in [2.05, 4.69) is 15.9 Å². The van der Waals surface area contributed by atoms with Crippen molar-refractivity contribution < 1.29 is 29.2 Å². The Morgan fingerprint density at radius 1 is 1.00 bits per heavy atom. The summed E-state index contributed by atoms with van der Waals surface area (Å²) in [5, 5.41) is 24.8. The summed E-state index contributed by atoms with van der Waals surface area (Å²) < 4.78 is 5.63. The monoisotopic (exact) mass is 589 g/mol. The van der Waals surface area contributed by atoms with Crippen LogP contribution in [-0.4, -0.2) is 35.1 Å². The second-order valence-electron chi connectivity index (χ2n) is 9.16. The SMILES string of the molecule is COc1cc([C@@H]2[C@H]3C(=O)N(c4cccc5ccccc45)C(=O)[C@@H]3ON2c2cccc([N+](=O)[O-])c2)cc(Br)c1O. The fourth-order valence-electron chi connectivity index (χ4n) is 5.28. The van der Waals surface area contributed by atoms with E-state index in [1.165, 1.54) is 30.4 Å². The third-order valence-corrected chi connectivity index (χ3v) is 7.63. The van der Waals surface area contributed by atoms with Crippen LogP contribution in [0.5, 0.6) is 11.5 Å². The molecule has 39 heavy (non-hydrogen) atoms. The molecule has 2 saturated heterocycles. The Labute approximate surface area is 230 Å². The van der Waals surface area contributed by atoms with E-state index in [0.717, 1.165) is 15.7 Å². The minimum absolute atomic E-state index is 0.134. The van der Waals surface area contributed by atoms with Crippen LogP contribution in [0, 0.1) is 16.0 Å². The second kappa shape index (κ2) is 9.37. The Morgan fingerprint density at radius 2 is 1.74 bits per heavy atom. The predicted molar refractivity (Wildman–Crippen MR) is 145 cm³/mol. The van der Waals surface area contributed by atoms with Crippen LogP contribution in [0.2, 0.25) is 0 Å². The number of nitro benzene ring substituents is 1. The van der Waals surface area contributed by atoms with Gasteiger partial charge in [-0.1, -0.05) is 42.5 Å². The molecule has 0 unspecified atom stereocenters. The van der Waals surface area contributed by atoms with Gasteiger partial charge in [0.2, 0.25) is 5.91 Å². The van der Waals surface area contributed by atoms with Crippen molar-refractivity contribution in [1.29, 1.82) is 0 Å². The van der Waals surface area contributed by atoms with Gasteiger partial charge in [-0.25, -0.2) is 9.96 Å². The molecule has 2 aliphatic heterocycles.